The summed E-state index contributed by atoms with van der Waals surface area (Å²) in [5, 5.41) is 16.9. The normalized spacial score (nSPS) is 30.5. The van der Waals surface area contributed by atoms with Crippen LogP contribution in [0.3, 0.4) is 0 Å². The van der Waals surface area contributed by atoms with Crippen LogP contribution in [0.2, 0.25) is 0 Å². The predicted octanol–water partition coefficient (Wildman–Crippen LogP) is 3.08. The summed E-state index contributed by atoms with van der Waals surface area (Å²) in [5.74, 6) is -2.09. The third-order valence-corrected chi connectivity index (χ3v) is 12.8. The monoisotopic (exact) mass is 744 g/mol. The van der Waals surface area contributed by atoms with Crippen LogP contribution in [-0.4, -0.2) is 94.8 Å². The molecule has 0 aromatic carbocycles. The van der Waals surface area contributed by atoms with Crippen molar-refractivity contribution in [3.63, 3.8) is 0 Å². The van der Waals surface area contributed by atoms with Crippen LogP contribution >= 0.6 is 11.3 Å². The van der Waals surface area contributed by atoms with Crippen LogP contribution in [-0.2, 0) is 24.4 Å². The highest BCUT2D eigenvalue weighted by molar-refractivity contribution is 7.91. The van der Waals surface area contributed by atoms with E-state index in [1.54, 1.807) is 18.3 Å². The summed E-state index contributed by atoms with van der Waals surface area (Å²) in [7, 11) is -2.44. The molecule has 4 aliphatic rings. The number of hydrogen-bond acceptors (Lipinski definition) is 11. The number of rotatable bonds is 9. The van der Waals surface area contributed by atoms with Gasteiger partial charge in [0.05, 0.1) is 18.9 Å². The van der Waals surface area contributed by atoms with Gasteiger partial charge < -0.3 is 30.1 Å². The molecule has 2 aliphatic carbocycles. The van der Waals surface area contributed by atoms with E-state index in [1.165, 1.54) is 23.3 Å². The van der Waals surface area contributed by atoms with E-state index < -0.39 is 68.7 Å². The van der Waals surface area contributed by atoms with Crippen molar-refractivity contribution in [1.82, 2.24) is 30.2 Å². The lowest BCUT2D eigenvalue weighted by molar-refractivity contribution is -0.142. The van der Waals surface area contributed by atoms with E-state index in [0.717, 1.165) is 6.42 Å². The van der Waals surface area contributed by atoms with Gasteiger partial charge in [-0.05, 0) is 50.4 Å². The van der Waals surface area contributed by atoms with Crippen molar-refractivity contribution in [2.24, 2.45) is 17.8 Å². The third kappa shape index (κ3) is 8.14. The molecule has 2 aliphatic heterocycles. The Morgan fingerprint density at radius 2 is 1.98 bits per heavy atom. The SMILES string of the molecule is CC[C@@H]1C[C@H](C)CC/C=C\[C@@H]2C[C@@]2(C(=O)NS(=O)(=O)C2CC2)NC(=O)[C@@H]2C[C@@H](Oc3cc(OC)nc(-c4nccs4)c3)CN2C(=O)[C@H]1NC(=O)O. The van der Waals surface area contributed by atoms with Crippen molar-refractivity contribution >= 4 is 45.2 Å². The van der Waals surface area contributed by atoms with Gasteiger partial charge in [0.15, 0.2) is 0 Å². The molecule has 2 aromatic heterocycles. The van der Waals surface area contributed by atoms with Gasteiger partial charge in [0.2, 0.25) is 27.7 Å². The summed E-state index contributed by atoms with van der Waals surface area (Å²) < 4.78 is 39.5. The number of carboxylic acid groups (broad SMARTS) is 1. The molecule has 15 nitrogen and oxygen atoms in total. The summed E-state index contributed by atoms with van der Waals surface area (Å²) in [6.45, 7) is 3.89. The number of carbonyl (C=O) groups is 4. The summed E-state index contributed by atoms with van der Waals surface area (Å²) in [6.07, 6.45) is 6.96. The molecule has 2 saturated carbocycles. The molecule has 4 N–H and O–H groups in total. The lowest BCUT2D eigenvalue weighted by atomic mass is 9.85. The Kier molecular flexibility index (Phi) is 10.6. The molecule has 0 radical (unpaired) electrons. The maximum Gasteiger partial charge on any atom is 0.405 e. The Hall–Kier alpha value is -4.25. The Morgan fingerprint density at radius 3 is 2.65 bits per heavy atom. The van der Waals surface area contributed by atoms with Crippen molar-refractivity contribution in [2.75, 3.05) is 13.7 Å². The minimum Gasteiger partial charge on any atom is -0.488 e. The molecule has 0 spiro atoms. The third-order valence-electron chi connectivity index (χ3n) is 10.2. The molecule has 7 atom stereocenters. The number of pyridine rings is 1. The van der Waals surface area contributed by atoms with Crippen LogP contribution in [0.25, 0.3) is 10.7 Å². The number of sulfonamides is 1. The van der Waals surface area contributed by atoms with Crippen molar-refractivity contribution in [1.29, 1.82) is 0 Å². The standard InChI is InChI=1S/C34H44N6O9S2/c1-4-20-13-19(2)7-5-6-8-21-17-34(21,32(43)39-51(46,47)24-9-10-24)38-29(41)26-15-23(18-40(26)31(42)28(20)37-33(44)45)49-22-14-25(30-35-11-12-50-30)36-27(16-22)48-3/h6,8,11-12,14,16,19-21,23-24,26,28,37H,4-5,7,9-10,13,15,17-18H2,1-3H3,(H,38,41)(H,39,43)(H,44,45)/b8-6-/t19-,20-,21-,23-,26+,28+,34-/m1/s1. The van der Waals surface area contributed by atoms with Gasteiger partial charge >= 0.3 is 6.09 Å². The molecular formula is C34H44N6O9S2. The van der Waals surface area contributed by atoms with E-state index in [0.29, 0.717) is 48.6 Å². The lowest BCUT2D eigenvalue weighted by Crippen LogP contribution is -2.59. The van der Waals surface area contributed by atoms with Gasteiger partial charge in [-0.3, -0.25) is 19.1 Å². The van der Waals surface area contributed by atoms with Crippen LogP contribution < -0.4 is 24.8 Å². The van der Waals surface area contributed by atoms with Crippen LogP contribution in [0, 0.1) is 17.8 Å². The topological polar surface area (TPSA) is 206 Å². The number of methoxy groups -OCH3 is 1. The Labute approximate surface area is 300 Å². The molecule has 4 heterocycles. The second-order valence-electron chi connectivity index (χ2n) is 13.9. The fraction of sp³-hybridized carbons (Fsp3) is 0.588. The highest BCUT2D eigenvalue weighted by Gasteiger charge is 2.62. The zero-order valence-corrected chi connectivity index (χ0v) is 30.4. The van der Waals surface area contributed by atoms with Crippen LogP contribution in [0.1, 0.15) is 65.2 Å². The number of nitrogens with zero attached hydrogens (tertiary/aromatic N) is 3. The minimum absolute atomic E-state index is 0.0142. The van der Waals surface area contributed by atoms with Gasteiger partial charge in [0.1, 0.15) is 40.2 Å². The van der Waals surface area contributed by atoms with Gasteiger partial charge in [-0.2, -0.15) is 0 Å². The van der Waals surface area contributed by atoms with E-state index in [1.807, 2.05) is 31.4 Å². The first-order valence-corrected chi connectivity index (χ1v) is 19.7. The van der Waals surface area contributed by atoms with Gasteiger partial charge in [-0.15, -0.1) is 11.3 Å². The zero-order valence-electron chi connectivity index (χ0n) is 28.7. The van der Waals surface area contributed by atoms with Crippen LogP contribution in [0.15, 0.2) is 35.9 Å². The largest absolute Gasteiger partial charge is 0.488 e. The number of hydrogen-bond donors (Lipinski definition) is 4. The average Bonchev–Trinajstić information content (AvgIpc) is 3.95. The first-order chi connectivity index (χ1) is 24.3. The molecule has 6 rings (SSSR count). The highest BCUT2D eigenvalue weighted by Crippen LogP contribution is 2.46. The van der Waals surface area contributed by atoms with Gasteiger partial charge in [0.25, 0.3) is 5.91 Å². The number of fused-ring (bicyclic) bond motifs is 2. The van der Waals surface area contributed by atoms with Crippen LogP contribution in [0.5, 0.6) is 11.6 Å². The van der Waals surface area contributed by atoms with E-state index in [9.17, 15) is 32.7 Å². The second-order valence-corrected chi connectivity index (χ2v) is 16.8. The summed E-state index contributed by atoms with van der Waals surface area (Å²) in [6, 6.07) is 0.970. The van der Waals surface area contributed by atoms with Gasteiger partial charge in [0, 0.05) is 36.0 Å². The first kappa shape index (κ1) is 36.5. The maximum absolute atomic E-state index is 14.5. The average molecular weight is 745 g/mol. The number of allylic oxidation sites excluding steroid dienone is 1. The molecule has 4 amide bonds. The molecular weight excluding hydrogens is 701 g/mol. The van der Waals surface area contributed by atoms with E-state index in [4.69, 9.17) is 9.47 Å². The number of ether oxygens (including phenoxy) is 2. The lowest BCUT2D eigenvalue weighted by Gasteiger charge is -2.33. The summed E-state index contributed by atoms with van der Waals surface area (Å²) in [4.78, 5) is 64.6. The zero-order chi connectivity index (χ0) is 36.5. The van der Waals surface area contributed by atoms with Gasteiger partial charge in [-0.25, -0.2) is 23.2 Å². The number of amides is 4. The fourth-order valence-corrected chi connectivity index (χ4v) is 9.12. The highest BCUT2D eigenvalue weighted by atomic mass is 32.2. The number of thiazole rings is 1. The predicted molar refractivity (Wildman–Crippen MR) is 186 cm³/mol. The molecule has 2 aromatic rings. The van der Waals surface area contributed by atoms with Crippen molar-refractivity contribution in [3.05, 3.63) is 35.9 Å². The Balaban J connectivity index is 1.34. The van der Waals surface area contributed by atoms with Gasteiger partial charge in [-0.1, -0.05) is 32.4 Å². The first-order valence-electron chi connectivity index (χ1n) is 17.3. The Morgan fingerprint density at radius 1 is 1.20 bits per heavy atom. The van der Waals surface area contributed by atoms with E-state index in [-0.39, 0.29) is 37.1 Å². The molecule has 51 heavy (non-hydrogen) atoms. The molecule has 0 bridgehead atoms. The second kappa shape index (κ2) is 14.8. The molecule has 276 valence electrons. The quantitative estimate of drug-likeness (QED) is 0.275. The summed E-state index contributed by atoms with van der Waals surface area (Å²) >= 11 is 1.38. The smallest absolute Gasteiger partial charge is 0.405 e. The van der Waals surface area contributed by atoms with Crippen molar-refractivity contribution < 1.29 is 42.2 Å². The van der Waals surface area contributed by atoms with Crippen LogP contribution in [0.4, 0.5) is 4.79 Å². The fourth-order valence-electron chi connectivity index (χ4n) is 7.16. The Bertz CT molecular complexity index is 1780. The number of nitrogens with one attached hydrogen (secondary N) is 3. The van der Waals surface area contributed by atoms with Crippen molar-refractivity contribution in [2.45, 2.75) is 94.2 Å². The molecule has 0 unspecified atom stereocenters. The number of carbonyl (C=O) groups excluding carboxylic acids is 3. The van der Waals surface area contributed by atoms with E-state index >= 15 is 0 Å². The molecule has 17 heteroatoms. The number of aromatic nitrogens is 2. The maximum atomic E-state index is 14.5. The van der Waals surface area contributed by atoms with Crippen molar-refractivity contribution in [3.8, 4) is 22.3 Å². The summed E-state index contributed by atoms with van der Waals surface area (Å²) in [5.41, 5.74) is -1.02. The van der Waals surface area contributed by atoms with E-state index in [2.05, 4.69) is 25.3 Å². The molecule has 1 saturated heterocycles. The minimum atomic E-state index is -3.90. The molecule has 3 fully saturated rings.